The lowest BCUT2D eigenvalue weighted by molar-refractivity contribution is -0.118. The number of aryl methyl sites for hydroxylation is 2. The van der Waals surface area contributed by atoms with Crippen LogP contribution in [-0.2, 0) is 11.3 Å². The summed E-state index contributed by atoms with van der Waals surface area (Å²) in [6.45, 7) is 6.64. The van der Waals surface area contributed by atoms with Crippen LogP contribution >= 0.6 is 0 Å². The van der Waals surface area contributed by atoms with Gasteiger partial charge in [-0.3, -0.25) is 14.3 Å². The maximum Gasteiger partial charge on any atom is 0.262 e. The third-order valence-electron chi connectivity index (χ3n) is 4.74. The van der Waals surface area contributed by atoms with Crippen LogP contribution in [0.25, 0.3) is 6.08 Å². The molecule has 1 aromatic heterocycles. The molecule has 0 saturated heterocycles. The smallest absolute Gasteiger partial charge is 0.262 e. The number of hydrogen-bond acceptors (Lipinski definition) is 5. The van der Waals surface area contributed by atoms with Crippen molar-refractivity contribution in [2.24, 2.45) is 0 Å². The van der Waals surface area contributed by atoms with E-state index in [1.165, 1.54) is 6.08 Å². The van der Waals surface area contributed by atoms with Crippen molar-refractivity contribution >= 4 is 23.5 Å². The minimum absolute atomic E-state index is 0.129. The number of nitrogens with zero attached hydrogens (tertiary/aromatic N) is 2. The minimum Gasteiger partial charge on any atom is -0.490 e. The van der Waals surface area contributed by atoms with Crippen LogP contribution in [0, 0.1) is 6.92 Å². The number of nitrogens with one attached hydrogen (secondary N) is 1. The Hall–Kier alpha value is -3.87. The highest BCUT2D eigenvalue weighted by molar-refractivity contribution is 6.05. The number of carbonyl (C=O) groups is 2. The van der Waals surface area contributed by atoms with Crippen molar-refractivity contribution < 1.29 is 19.1 Å². The maximum atomic E-state index is 12.4. The van der Waals surface area contributed by atoms with Gasteiger partial charge in [0.15, 0.2) is 18.1 Å². The molecule has 7 nitrogen and oxygen atoms in total. The molecule has 7 heteroatoms. The average molecular weight is 434 g/mol. The van der Waals surface area contributed by atoms with E-state index in [0.29, 0.717) is 30.3 Å². The monoisotopic (exact) mass is 433 g/mol. The number of hydrogen-bond donors (Lipinski definition) is 1. The Morgan fingerprint density at radius 2 is 1.88 bits per heavy atom. The van der Waals surface area contributed by atoms with E-state index in [4.69, 9.17) is 9.47 Å². The Bertz CT molecular complexity index is 1120. The molecule has 0 radical (unpaired) electrons. The number of aromatic nitrogens is 2. The fourth-order valence-electron chi connectivity index (χ4n) is 3.11. The molecule has 0 bridgehead atoms. The summed E-state index contributed by atoms with van der Waals surface area (Å²) in [6.07, 6.45) is 4.83. The number of ketones is 1. The Kier molecular flexibility index (Phi) is 7.80. The lowest BCUT2D eigenvalue weighted by Crippen LogP contribution is -2.20. The van der Waals surface area contributed by atoms with Gasteiger partial charge in [0.05, 0.1) is 6.61 Å². The van der Waals surface area contributed by atoms with Crippen LogP contribution in [0.4, 0.5) is 5.69 Å². The lowest BCUT2D eigenvalue weighted by atomic mass is 10.1. The second-order valence-electron chi connectivity index (χ2n) is 7.02. The Labute approximate surface area is 187 Å². The summed E-state index contributed by atoms with van der Waals surface area (Å²) in [5, 5.41) is 6.96. The van der Waals surface area contributed by atoms with Gasteiger partial charge in [0.2, 0.25) is 5.78 Å². The fourth-order valence-corrected chi connectivity index (χ4v) is 3.11. The van der Waals surface area contributed by atoms with E-state index in [9.17, 15) is 9.59 Å². The zero-order valence-corrected chi connectivity index (χ0v) is 18.5. The van der Waals surface area contributed by atoms with E-state index in [1.54, 1.807) is 41.2 Å². The highest BCUT2D eigenvalue weighted by Crippen LogP contribution is 2.29. The molecule has 0 aliphatic carbocycles. The molecule has 2 aromatic carbocycles. The fraction of sp³-hybridized carbons (Fsp3) is 0.240. The minimum atomic E-state index is -0.260. The van der Waals surface area contributed by atoms with Gasteiger partial charge in [0, 0.05) is 18.4 Å². The van der Waals surface area contributed by atoms with E-state index in [2.05, 4.69) is 10.4 Å². The lowest BCUT2D eigenvalue weighted by Gasteiger charge is -2.13. The summed E-state index contributed by atoms with van der Waals surface area (Å²) in [7, 11) is 0. The Balaban J connectivity index is 1.67. The molecule has 3 rings (SSSR count). The summed E-state index contributed by atoms with van der Waals surface area (Å²) < 4.78 is 13.0. The molecule has 0 aliphatic heterocycles. The van der Waals surface area contributed by atoms with Gasteiger partial charge in [-0.05, 0) is 62.2 Å². The standard InChI is InChI=1S/C25H27N3O4/c1-4-28-21(14-15-26-28)22(29)12-10-19-11-13-23(24(16-19)31-5-2)32-17-25(30)27-20-9-7-6-8-18(20)3/h6-16H,4-5,17H2,1-3H3,(H,27,30)/b12-10+. The largest absolute Gasteiger partial charge is 0.490 e. The summed E-state index contributed by atoms with van der Waals surface area (Å²) in [4.78, 5) is 24.7. The third-order valence-corrected chi connectivity index (χ3v) is 4.74. The maximum absolute atomic E-state index is 12.4. The second-order valence-corrected chi connectivity index (χ2v) is 7.02. The van der Waals surface area contributed by atoms with Gasteiger partial charge in [-0.25, -0.2) is 0 Å². The van der Waals surface area contributed by atoms with Crippen LogP contribution in [0.15, 0.2) is 60.8 Å². The number of anilines is 1. The number of allylic oxidation sites excluding steroid dienone is 1. The first-order chi connectivity index (χ1) is 15.5. The molecule has 1 amide bonds. The molecule has 1 heterocycles. The molecule has 3 aromatic rings. The molecule has 0 saturated carbocycles. The normalized spacial score (nSPS) is 10.8. The number of amides is 1. The zero-order valence-electron chi connectivity index (χ0n) is 18.5. The molecular formula is C25H27N3O4. The number of ether oxygens (including phenoxy) is 2. The van der Waals surface area contributed by atoms with Crippen molar-refractivity contribution in [3.05, 3.63) is 77.6 Å². The summed E-state index contributed by atoms with van der Waals surface area (Å²) in [6, 6.07) is 14.6. The molecule has 0 fully saturated rings. The van der Waals surface area contributed by atoms with Gasteiger partial charge in [-0.15, -0.1) is 0 Å². The quantitative estimate of drug-likeness (QED) is 0.375. The van der Waals surface area contributed by atoms with Crippen molar-refractivity contribution in [2.75, 3.05) is 18.5 Å². The molecule has 166 valence electrons. The number of rotatable bonds is 10. The SMILES string of the molecule is CCOc1cc(/C=C/C(=O)c2ccnn2CC)ccc1OCC(=O)Nc1ccccc1C. The van der Waals surface area contributed by atoms with Gasteiger partial charge in [-0.1, -0.05) is 30.3 Å². The topological polar surface area (TPSA) is 82.4 Å². The number of benzene rings is 2. The first kappa shape index (κ1) is 22.8. The first-order valence-electron chi connectivity index (χ1n) is 10.5. The summed E-state index contributed by atoms with van der Waals surface area (Å²) >= 11 is 0. The molecule has 32 heavy (non-hydrogen) atoms. The van der Waals surface area contributed by atoms with Crippen molar-refractivity contribution in [1.29, 1.82) is 0 Å². The number of carbonyl (C=O) groups excluding carboxylic acids is 2. The molecule has 0 spiro atoms. The van der Waals surface area contributed by atoms with Crippen molar-refractivity contribution in [1.82, 2.24) is 9.78 Å². The second kappa shape index (κ2) is 10.9. The van der Waals surface area contributed by atoms with Crippen molar-refractivity contribution in [2.45, 2.75) is 27.3 Å². The average Bonchev–Trinajstić information content (AvgIpc) is 3.28. The first-order valence-corrected chi connectivity index (χ1v) is 10.5. The van der Waals surface area contributed by atoms with Crippen LogP contribution in [0.5, 0.6) is 11.5 Å². The van der Waals surface area contributed by atoms with E-state index in [0.717, 1.165) is 16.8 Å². The van der Waals surface area contributed by atoms with Gasteiger partial charge >= 0.3 is 0 Å². The number of para-hydroxylation sites is 1. The third kappa shape index (κ3) is 5.85. The van der Waals surface area contributed by atoms with Crippen LogP contribution in [0.2, 0.25) is 0 Å². The highest BCUT2D eigenvalue weighted by Gasteiger charge is 2.11. The molecule has 0 unspecified atom stereocenters. The van der Waals surface area contributed by atoms with Crippen LogP contribution in [0.3, 0.4) is 0 Å². The van der Waals surface area contributed by atoms with Gasteiger partial charge in [0.25, 0.3) is 5.91 Å². The van der Waals surface area contributed by atoms with E-state index < -0.39 is 0 Å². The molecule has 1 N–H and O–H groups in total. The van der Waals surface area contributed by atoms with Gasteiger partial charge < -0.3 is 14.8 Å². The Morgan fingerprint density at radius 1 is 1.06 bits per heavy atom. The van der Waals surface area contributed by atoms with Crippen molar-refractivity contribution in [3.8, 4) is 11.5 Å². The van der Waals surface area contributed by atoms with Crippen LogP contribution in [-0.4, -0.2) is 34.7 Å². The van der Waals surface area contributed by atoms with E-state index in [1.807, 2.05) is 45.0 Å². The summed E-state index contributed by atoms with van der Waals surface area (Å²) in [5.74, 6) is 0.572. The van der Waals surface area contributed by atoms with Crippen molar-refractivity contribution in [3.63, 3.8) is 0 Å². The predicted octanol–water partition coefficient (Wildman–Crippen LogP) is 4.52. The van der Waals surface area contributed by atoms with Crippen LogP contribution in [0.1, 0.15) is 35.5 Å². The predicted molar refractivity (Wildman–Crippen MR) is 124 cm³/mol. The molecule has 0 atom stereocenters. The van der Waals surface area contributed by atoms with E-state index in [-0.39, 0.29) is 18.3 Å². The molecule has 0 aliphatic rings. The summed E-state index contributed by atoms with van der Waals surface area (Å²) in [5.41, 5.74) is 3.04. The van der Waals surface area contributed by atoms with Gasteiger partial charge in [0.1, 0.15) is 5.69 Å². The Morgan fingerprint density at radius 3 is 2.62 bits per heavy atom. The zero-order chi connectivity index (χ0) is 22.9. The molecular weight excluding hydrogens is 406 g/mol. The van der Waals surface area contributed by atoms with Gasteiger partial charge in [-0.2, -0.15) is 5.10 Å². The highest BCUT2D eigenvalue weighted by atomic mass is 16.5. The van der Waals surface area contributed by atoms with E-state index >= 15 is 0 Å². The van der Waals surface area contributed by atoms with Crippen LogP contribution < -0.4 is 14.8 Å².